The summed E-state index contributed by atoms with van der Waals surface area (Å²) in [5, 5.41) is 17.6. The lowest BCUT2D eigenvalue weighted by atomic mass is 10.1. The van der Waals surface area contributed by atoms with Gasteiger partial charge in [-0.15, -0.1) is 0 Å². The molecule has 0 aliphatic carbocycles. The van der Waals surface area contributed by atoms with Gasteiger partial charge in [0.25, 0.3) is 0 Å². The number of thiazole rings is 1. The number of aliphatic hydroxyl groups excluding tert-OH is 1. The molecule has 27 heavy (non-hydrogen) atoms. The maximum Gasteiger partial charge on any atom is 0.234 e. The number of amides is 1. The van der Waals surface area contributed by atoms with Crippen molar-refractivity contribution in [1.29, 1.82) is 5.26 Å². The Labute approximate surface area is 161 Å². The van der Waals surface area contributed by atoms with Gasteiger partial charge >= 0.3 is 0 Å². The molecule has 0 spiro atoms. The Bertz CT molecular complexity index is 968. The monoisotopic (exact) mass is 406 g/mol. The number of benzene rings is 1. The van der Waals surface area contributed by atoms with Crippen LogP contribution in [0.15, 0.2) is 36.5 Å². The summed E-state index contributed by atoms with van der Waals surface area (Å²) in [6.07, 6.45) is 3.55. The average molecular weight is 406 g/mol. The third-order valence-electron chi connectivity index (χ3n) is 4.54. The van der Waals surface area contributed by atoms with E-state index in [4.69, 9.17) is 5.26 Å². The zero-order valence-electron chi connectivity index (χ0n) is 14.5. The molecule has 2 aromatic rings. The van der Waals surface area contributed by atoms with Crippen LogP contribution in [0.4, 0.5) is 5.13 Å². The van der Waals surface area contributed by atoms with Gasteiger partial charge in [-0.1, -0.05) is 41.7 Å². The van der Waals surface area contributed by atoms with Crippen LogP contribution < -0.4 is 4.90 Å². The molecule has 1 aromatic carbocycles. The van der Waals surface area contributed by atoms with Gasteiger partial charge in [-0.2, -0.15) is 5.26 Å². The third kappa shape index (κ3) is 3.80. The van der Waals surface area contributed by atoms with E-state index in [0.717, 1.165) is 10.4 Å². The quantitative estimate of drug-likeness (QED) is 0.734. The molecule has 1 aromatic heterocycles. The fraction of sp³-hybridized carbons (Fsp3) is 0.353. The molecular weight excluding hydrogens is 388 g/mol. The van der Waals surface area contributed by atoms with Crippen LogP contribution >= 0.6 is 11.3 Å². The van der Waals surface area contributed by atoms with Crippen LogP contribution in [-0.2, 0) is 14.6 Å². The van der Waals surface area contributed by atoms with Gasteiger partial charge in [0.15, 0.2) is 21.2 Å². The molecule has 3 rings (SSSR count). The minimum atomic E-state index is -3.89. The molecule has 10 heteroatoms. The number of hydrogen-bond acceptors (Lipinski definition) is 8. The van der Waals surface area contributed by atoms with Gasteiger partial charge in [0.1, 0.15) is 5.94 Å². The van der Waals surface area contributed by atoms with Gasteiger partial charge in [-0.05, 0) is 5.56 Å². The molecule has 0 unspecified atom stereocenters. The number of nitriles is 1. The number of nitrogens with zero attached hydrogens (tertiary/aromatic N) is 4. The van der Waals surface area contributed by atoms with Gasteiger partial charge in [-0.25, -0.2) is 13.4 Å². The second kappa shape index (κ2) is 7.64. The van der Waals surface area contributed by atoms with E-state index >= 15 is 0 Å². The second-order valence-electron chi connectivity index (χ2n) is 6.21. The molecule has 1 fully saturated rings. The molecule has 1 saturated heterocycles. The van der Waals surface area contributed by atoms with Crippen molar-refractivity contribution < 1.29 is 18.3 Å². The van der Waals surface area contributed by atoms with Crippen LogP contribution in [0.3, 0.4) is 0 Å². The van der Waals surface area contributed by atoms with Crippen molar-refractivity contribution in [2.24, 2.45) is 5.92 Å². The number of likely N-dealkylation sites (tertiary alicyclic amines) is 1. The lowest BCUT2D eigenvalue weighted by Crippen LogP contribution is -2.42. The second-order valence-corrected chi connectivity index (χ2v) is 9.41. The maximum atomic E-state index is 12.9. The predicted octanol–water partition coefficient (Wildman–Crippen LogP) is 0.919. The zero-order valence-corrected chi connectivity index (χ0v) is 16.2. The molecule has 2 atom stereocenters. The van der Waals surface area contributed by atoms with Gasteiger partial charge < -0.3 is 10.0 Å². The zero-order chi connectivity index (χ0) is 19.6. The van der Waals surface area contributed by atoms with Crippen molar-refractivity contribution in [2.45, 2.75) is 5.25 Å². The number of sulfone groups is 1. The number of aromatic nitrogens is 1. The van der Waals surface area contributed by atoms with Crippen LogP contribution in [-0.4, -0.2) is 60.6 Å². The van der Waals surface area contributed by atoms with Crippen molar-refractivity contribution in [3.8, 4) is 16.6 Å². The van der Waals surface area contributed by atoms with Gasteiger partial charge in [0.05, 0.1) is 16.0 Å². The van der Waals surface area contributed by atoms with Gasteiger partial charge in [0, 0.05) is 26.3 Å². The highest BCUT2D eigenvalue weighted by molar-refractivity contribution is 7.91. The number of aliphatic hydroxyl groups is 1. The van der Waals surface area contributed by atoms with Gasteiger partial charge in [-0.3, -0.25) is 9.69 Å². The Hall–Kier alpha value is -2.48. The third-order valence-corrected chi connectivity index (χ3v) is 7.42. The summed E-state index contributed by atoms with van der Waals surface area (Å²) < 4.78 is 24.3. The fourth-order valence-corrected chi connectivity index (χ4v) is 5.24. The average Bonchev–Trinajstić information content (AvgIpc) is 3.35. The standard InChI is InChI=1S/C17H18N4O4S2/c1-20(17-19-7-14(26-17)12-5-3-2-4-6-12)16(23)13-8-21(10-18)9-15(13)27(24,25)11-22/h2-7,13,15,22H,8-9,11H2,1H3/t13-,15-/m1/s1. The number of carbonyl (C=O) groups is 1. The first-order chi connectivity index (χ1) is 12.9. The maximum absolute atomic E-state index is 12.9. The summed E-state index contributed by atoms with van der Waals surface area (Å²) in [6, 6.07) is 9.59. The molecule has 8 nitrogen and oxygen atoms in total. The molecule has 0 radical (unpaired) electrons. The normalized spacial score (nSPS) is 19.7. The summed E-state index contributed by atoms with van der Waals surface area (Å²) in [5.74, 6) is -2.43. The van der Waals surface area contributed by atoms with Gasteiger partial charge in [0.2, 0.25) is 5.91 Å². The van der Waals surface area contributed by atoms with E-state index in [2.05, 4.69) is 4.98 Å². The van der Waals surface area contributed by atoms with E-state index < -0.39 is 32.9 Å². The fourth-order valence-electron chi connectivity index (χ4n) is 3.05. The molecule has 142 valence electrons. The van der Waals surface area contributed by atoms with Crippen molar-refractivity contribution >= 4 is 32.2 Å². The molecule has 1 aliphatic heterocycles. The van der Waals surface area contributed by atoms with E-state index in [1.165, 1.54) is 28.2 Å². The molecule has 1 N–H and O–H groups in total. The Kier molecular flexibility index (Phi) is 5.46. The topological polar surface area (TPSA) is 115 Å². The van der Waals surface area contributed by atoms with Crippen LogP contribution in [0.1, 0.15) is 0 Å². The summed E-state index contributed by atoms with van der Waals surface area (Å²) in [6.45, 7) is -0.0999. The highest BCUT2D eigenvalue weighted by Crippen LogP contribution is 2.32. The Morgan fingerprint density at radius 3 is 2.74 bits per heavy atom. The molecule has 1 aliphatic rings. The van der Waals surface area contributed by atoms with Crippen molar-refractivity contribution in [3.05, 3.63) is 36.5 Å². The number of carbonyl (C=O) groups excluding carboxylic acids is 1. The smallest absolute Gasteiger partial charge is 0.234 e. The highest BCUT2D eigenvalue weighted by atomic mass is 32.2. The Morgan fingerprint density at radius 2 is 2.11 bits per heavy atom. The van der Waals surface area contributed by atoms with E-state index in [0.29, 0.717) is 5.13 Å². The summed E-state index contributed by atoms with van der Waals surface area (Å²) in [5.41, 5.74) is 0.972. The minimum Gasteiger partial charge on any atom is -0.380 e. The van der Waals surface area contributed by atoms with Crippen LogP contribution in [0.5, 0.6) is 0 Å². The molecule has 0 saturated carbocycles. The summed E-state index contributed by atoms with van der Waals surface area (Å²) in [7, 11) is -2.36. The Balaban J connectivity index is 1.84. The SMILES string of the molecule is CN(C(=O)[C@@H]1CN(C#N)C[C@H]1S(=O)(=O)CO)c1ncc(-c2ccccc2)s1. The highest BCUT2D eigenvalue weighted by Gasteiger charge is 2.46. The largest absolute Gasteiger partial charge is 0.380 e. The van der Waals surface area contributed by atoms with Crippen molar-refractivity contribution in [1.82, 2.24) is 9.88 Å². The number of rotatable bonds is 5. The number of anilines is 1. The molecule has 1 amide bonds. The minimum absolute atomic E-state index is 0.000484. The van der Waals surface area contributed by atoms with Crippen molar-refractivity contribution in [2.75, 3.05) is 31.0 Å². The first-order valence-corrected chi connectivity index (χ1v) is 10.7. The van der Waals surface area contributed by atoms with Crippen LogP contribution in [0.25, 0.3) is 10.4 Å². The van der Waals surface area contributed by atoms with Crippen molar-refractivity contribution in [3.63, 3.8) is 0 Å². The predicted molar refractivity (Wildman–Crippen MR) is 101 cm³/mol. The first-order valence-electron chi connectivity index (χ1n) is 8.13. The van der Waals surface area contributed by atoms with E-state index in [9.17, 15) is 18.3 Å². The molecule has 0 bridgehead atoms. The van der Waals surface area contributed by atoms with Crippen LogP contribution in [0.2, 0.25) is 0 Å². The van der Waals surface area contributed by atoms with Crippen LogP contribution in [0, 0.1) is 17.4 Å². The number of hydrogen-bond donors (Lipinski definition) is 1. The molecule has 2 heterocycles. The Morgan fingerprint density at radius 1 is 1.41 bits per heavy atom. The van der Waals surface area contributed by atoms with E-state index in [1.54, 1.807) is 6.20 Å². The van der Waals surface area contributed by atoms with E-state index in [1.807, 2.05) is 36.5 Å². The lowest BCUT2D eigenvalue weighted by molar-refractivity contribution is -0.121. The first kappa shape index (κ1) is 19.3. The molecular formula is C17H18N4O4S2. The summed E-state index contributed by atoms with van der Waals surface area (Å²) in [4.78, 5) is 20.6. The lowest BCUT2D eigenvalue weighted by Gasteiger charge is -2.21. The van der Waals surface area contributed by atoms with E-state index in [-0.39, 0.29) is 13.1 Å². The summed E-state index contributed by atoms with van der Waals surface area (Å²) >= 11 is 1.32.